The van der Waals surface area contributed by atoms with Crippen LogP contribution in [0.5, 0.6) is 5.75 Å². The fraction of sp³-hybridized carbons (Fsp3) is 0.333. The Morgan fingerprint density at radius 1 is 1.04 bits per heavy atom. The lowest BCUT2D eigenvalue weighted by Gasteiger charge is -2.15. The highest BCUT2D eigenvalue weighted by Gasteiger charge is 2.16. The maximum atomic E-state index is 12.1. The highest BCUT2D eigenvalue weighted by atomic mass is 16.5. The van der Waals surface area contributed by atoms with Gasteiger partial charge in [-0.05, 0) is 50.0 Å². The molecule has 5 heteroatoms. The molecule has 0 fully saturated rings. The average Bonchev–Trinajstić information content (AvgIpc) is 2.66. The van der Waals surface area contributed by atoms with Gasteiger partial charge in [-0.15, -0.1) is 0 Å². The highest BCUT2D eigenvalue weighted by molar-refractivity contribution is 5.90. The zero-order chi connectivity index (χ0) is 18.6. The van der Waals surface area contributed by atoms with Gasteiger partial charge in [-0.25, -0.2) is 4.79 Å². The number of carbonyl (C=O) groups excluding carboxylic acids is 2. The van der Waals surface area contributed by atoms with Gasteiger partial charge in [-0.1, -0.05) is 24.8 Å². The second-order valence-electron chi connectivity index (χ2n) is 5.84. The van der Waals surface area contributed by atoms with Gasteiger partial charge in [0.05, 0.1) is 18.6 Å². The molecule has 0 unspecified atom stereocenters. The van der Waals surface area contributed by atoms with E-state index in [1.165, 1.54) is 0 Å². The number of hydrogen-bond acceptors (Lipinski definition) is 5. The molecule has 2 rings (SSSR count). The molecule has 1 aromatic rings. The van der Waals surface area contributed by atoms with Crippen molar-refractivity contribution in [1.29, 1.82) is 0 Å². The van der Waals surface area contributed by atoms with Gasteiger partial charge in [0, 0.05) is 18.4 Å². The van der Waals surface area contributed by atoms with Crippen LogP contribution in [0, 0.1) is 0 Å². The van der Waals surface area contributed by atoms with E-state index in [9.17, 15) is 9.59 Å². The van der Waals surface area contributed by atoms with Crippen molar-refractivity contribution in [3.63, 3.8) is 0 Å². The van der Waals surface area contributed by atoms with Crippen molar-refractivity contribution in [2.24, 2.45) is 0 Å². The van der Waals surface area contributed by atoms with Crippen molar-refractivity contribution < 1.29 is 23.8 Å². The van der Waals surface area contributed by atoms with Gasteiger partial charge in [-0.2, -0.15) is 0 Å². The summed E-state index contributed by atoms with van der Waals surface area (Å²) >= 11 is 0. The van der Waals surface area contributed by atoms with Gasteiger partial charge in [0.2, 0.25) is 0 Å². The second kappa shape index (κ2) is 10.9. The van der Waals surface area contributed by atoms with E-state index in [2.05, 4.69) is 11.3 Å². The molecule has 0 aromatic heterocycles. The summed E-state index contributed by atoms with van der Waals surface area (Å²) in [5.74, 6) is 0.836. The zero-order valence-corrected chi connectivity index (χ0v) is 14.8. The summed E-state index contributed by atoms with van der Waals surface area (Å²) in [5, 5.41) is 0. The topological polar surface area (TPSA) is 61.8 Å². The van der Waals surface area contributed by atoms with Crippen molar-refractivity contribution in [3.8, 4) is 5.75 Å². The molecule has 1 aliphatic rings. The van der Waals surface area contributed by atoms with E-state index in [0.29, 0.717) is 37.2 Å². The average molecular weight is 356 g/mol. The van der Waals surface area contributed by atoms with Crippen LogP contribution in [0.25, 0.3) is 0 Å². The predicted molar refractivity (Wildman–Crippen MR) is 98.2 cm³/mol. The summed E-state index contributed by atoms with van der Waals surface area (Å²) in [4.78, 5) is 23.2. The molecule has 1 aromatic carbocycles. The van der Waals surface area contributed by atoms with Crippen LogP contribution in [0.2, 0.25) is 0 Å². The third kappa shape index (κ3) is 6.97. The Bertz CT molecular complexity index is 673. The SMILES string of the molecule is C=COC(=O)CCCCCOC1=CC=C(C(=O)Oc2ccccc2)CC1. The lowest BCUT2D eigenvalue weighted by molar-refractivity contribution is -0.138. The predicted octanol–water partition coefficient (Wildman–Crippen LogP) is 4.46. The van der Waals surface area contributed by atoms with E-state index in [-0.39, 0.29) is 11.9 Å². The van der Waals surface area contributed by atoms with Crippen LogP contribution in [0.4, 0.5) is 0 Å². The Balaban J connectivity index is 1.65. The van der Waals surface area contributed by atoms with E-state index >= 15 is 0 Å². The number of allylic oxidation sites excluding steroid dienone is 3. The van der Waals surface area contributed by atoms with Crippen LogP contribution in [-0.4, -0.2) is 18.5 Å². The van der Waals surface area contributed by atoms with Gasteiger partial charge in [0.15, 0.2) is 0 Å². The van der Waals surface area contributed by atoms with Gasteiger partial charge in [-0.3, -0.25) is 4.79 Å². The number of benzene rings is 1. The van der Waals surface area contributed by atoms with Crippen LogP contribution in [0.1, 0.15) is 38.5 Å². The third-order valence-electron chi connectivity index (χ3n) is 3.85. The maximum Gasteiger partial charge on any atom is 0.339 e. The molecule has 0 aliphatic heterocycles. The minimum atomic E-state index is -0.321. The first-order chi connectivity index (χ1) is 12.7. The molecule has 0 heterocycles. The monoisotopic (exact) mass is 356 g/mol. The summed E-state index contributed by atoms with van der Waals surface area (Å²) in [5.41, 5.74) is 0.641. The number of carbonyl (C=O) groups is 2. The maximum absolute atomic E-state index is 12.1. The molecule has 0 amide bonds. The molecule has 1 aliphatic carbocycles. The Morgan fingerprint density at radius 2 is 1.85 bits per heavy atom. The number of rotatable bonds is 10. The van der Waals surface area contributed by atoms with Crippen LogP contribution < -0.4 is 4.74 Å². The van der Waals surface area contributed by atoms with Gasteiger partial charge in [0.1, 0.15) is 5.75 Å². The van der Waals surface area contributed by atoms with E-state index in [0.717, 1.165) is 31.3 Å². The minimum Gasteiger partial charge on any atom is -0.498 e. The second-order valence-corrected chi connectivity index (χ2v) is 5.84. The number of ether oxygens (including phenoxy) is 3. The molecular weight excluding hydrogens is 332 g/mol. The van der Waals surface area contributed by atoms with Crippen LogP contribution >= 0.6 is 0 Å². The molecular formula is C21H24O5. The number of unbranched alkanes of at least 4 members (excludes halogenated alkanes) is 2. The summed E-state index contributed by atoms with van der Waals surface area (Å²) in [7, 11) is 0. The van der Waals surface area contributed by atoms with Crippen molar-refractivity contribution in [1.82, 2.24) is 0 Å². The van der Waals surface area contributed by atoms with E-state index in [4.69, 9.17) is 9.47 Å². The standard InChI is InChI=1S/C21H24O5/c1-2-24-20(22)11-7-4-8-16-25-18-14-12-17(13-15-18)21(23)26-19-9-5-3-6-10-19/h2-3,5-6,9-10,12,14H,1,4,7-8,11,13,15-16H2. The van der Waals surface area contributed by atoms with Crippen molar-refractivity contribution >= 4 is 11.9 Å². The normalized spacial score (nSPS) is 13.2. The number of para-hydroxylation sites is 1. The fourth-order valence-electron chi connectivity index (χ4n) is 2.47. The first kappa shape index (κ1) is 19.5. The lowest BCUT2D eigenvalue weighted by atomic mass is 10.0. The Labute approximate surface area is 153 Å². The number of esters is 2. The first-order valence-corrected chi connectivity index (χ1v) is 8.79. The Hall–Kier alpha value is -2.82. The molecule has 0 saturated heterocycles. The number of hydrogen-bond donors (Lipinski definition) is 0. The van der Waals surface area contributed by atoms with Crippen LogP contribution in [0.3, 0.4) is 0 Å². The van der Waals surface area contributed by atoms with Crippen molar-refractivity contribution in [2.45, 2.75) is 38.5 Å². The minimum absolute atomic E-state index is 0.254. The summed E-state index contributed by atoms with van der Waals surface area (Å²) < 4.78 is 15.7. The molecule has 0 N–H and O–H groups in total. The lowest BCUT2D eigenvalue weighted by Crippen LogP contribution is -2.13. The van der Waals surface area contributed by atoms with Gasteiger partial charge >= 0.3 is 11.9 Å². The molecule has 0 radical (unpaired) electrons. The molecule has 0 spiro atoms. The van der Waals surface area contributed by atoms with E-state index < -0.39 is 0 Å². The van der Waals surface area contributed by atoms with Crippen LogP contribution in [-0.2, 0) is 19.1 Å². The summed E-state index contributed by atoms with van der Waals surface area (Å²) in [6, 6.07) is 9.03. The van der Waals surface area contributed by atoms with Crippen molar-refractivity contribution in [3.05, 3.63) is 66.7 Å². The smallest absolute Gasteiger partial charge is 0.339 e. The Kier molecular flexibility index (Phi) is 8.19. The third-order valence-corrected chi connectivity index (χ3v) is 3.85. The molecule has 0 saturated carbocycles. The summed E-state index contributed by atoms with van der Waals surface area (Å²) in [6.45, 7) is 3.94. The van der Waals surface area contributed by atoms with Gasteiger partial charge < -0.3 is 14.2 Å². The molecule has 138 valence electrons. The molecule has 26 heavy (non-hydrogen) atoms. The first-order valence-electron chi connectivity index (χ1n) is 8.79. The van der Waals surface area contributed by atoms with E-state index in [1.807, 2.05) is 24.3 Å². The fourth-order valence-corrected chi connectivity index (χ4v) is 2.47. The zero-order valence-electron chi connectivity index (χ0n) is 14.8. The van der Waals surface area contributed by atoms with E-state index in [1.54, 1.807) is 18.2 Å². The molecule has 5 nitrogen and oxygen atoms in total. The highest BCUT2D eigenvalue weighted by Crippen LogP contribution is 2.22. The molecule has 0 atom stereocenters. The molecule has 0 bridgehead atoms. The van der Waals surface area contributed by atoms with Crippen molar-refractivity contribution in [2.75, 3.05) is 6.61 Å². The quantitative estimate of drug-likeness (QED) is 0.268. The van der Waals surface area contributed by atoms with Gasteiger partial charge in [0.25, 0.3) is 0 Å². The largest absolute Gasteiger partial charge is 0.498 e. The summed E-state index contributed by atoms with van der Waals surface area (Å²) in [6.07, 6.45) is 8.94. The van der Waals surface area contributed by atoms with Crippen LogP contribution in [0.15, 0.2) is 66.7 Å². The Morgan fingerprint density at radius 3 is 2.54 bits per heavy atom.